The molecule has 98 valence electrons. The number of hydrogen-bond acceptors (Lipinski definition) is 3. The molecule has 2 rings (SSSR count). The van der Waals surface area contributed by atoms with Gasteiger partial charge in [-0.05, 0) is 40.5 Å². The lowest BCUT2D eigenvalue weighted by molar-refractivity contribution is 0.102. The zero-order valence-electron chi connectivity index (χ0n) is 10.7. The van der Waals surface area contributed by atoms with Gasteiger partial charge in [0, 0.05) is 29.6 Å². The predicted octanol–water partition coefficient (Wildman–Crippen LogP) is 3.45. The van der Waals surface area contributed by atoms with Gasteiger partial charge in [0.2, 0.25) is 0 Å². The topological polar surface area (TPSA) is 54.0 Å². The monoisotopic (exact) mass is 319 g/mol. The van der Waals surface area contributed by atoms with E-state index in [4.69, 9.17) is 0 Å². The number of amides is 1. The minimum atomic E-state index is -0.191. The Bertz CT molecular complexity index is 613. The molecule has 4 nitrogen and oxygen atoms in total. The number of nitrogens with zero attached hydrogens (tertiary/aromatic N) is 1. The molecule has 0 aliphatic heterocycles. The van der Waals surface area contributed by atoms with Crippen molar-refractivity contribution in [1.82, 2.24) is 4.98 Å². The number of halogens is 1. The Morgan fingerprint density at radius 1 is 1.26 bits per heavy atom. The summed E-state index contributed by atoms with van der Waals surface area (Å²) in [6.45, 7) is 1.98. The quantitative estimate of drug-likeness (QED) is 0.911. The smallest absolute Gasteiger partial charge is 0.259 e. The Morgan fingerprint density at radius 3 is 2.79 bits per heavy atom. The van der Waals surface area contributed by atoms with E-state index < -0.39 is 0 Å². The molecule has 0 aliphatic carbocycles. The number of benzene rings is 1. The van der Waals surface area contributed by atoms with Gasteiger partial charge in [-0.3, -0.25) is 9.78 Å². The Labute approximate surface area is 120 Å². The summed E-state index contributed by atoms with van der Waals surface area (Å²) in [6.07, 6.45) is 3.19. The van der Waals surface area contributed by atoms with Gasteiger partial charge in [0.05, 0.1) is 11.3 Å². The number of anilines is 2. The first-order valence-electron chi connectivity index (χ1n) is 5.81. The van der Waals surface area contributed by atoms with Crippen molar-refractivity contribution in [3.63, 3.8) is 0 Å². The minimum absolute atomic E-state index is 0.191. The van der Waals surface area contributed by atoms with Crippen molar-refractivity contribution in [3.8, 4) is 0 Å². The molecular weight excluding hydrogens is 306 g/mol. The molecule has 0 saturated carbocycles. The summed E-state index contributed by atoms with van der Waals surface area (Å²) >= 11 is 3.47. The summed E-state index contributed by atoms with van der Waals surface area (Å²) < 4.78 is 0.887. The van der Waals surface area contributed by atoms with Gasteiger partial charge in [-0.1, -0.05) is 12.1 Å². The van der Waals surface area contributed by atoms with Crippen LogP contribution in [0.4, 0.5) is 11.4 Å². The molecule has 5 heteroatoms. The van der Waals surface area contributed by atoms with Gasteiger partial charge in [0.25, 0.3) is 5.91 Å². The van der Waals surface area contributed by atoms with Crippen molar-refractivity contribution in [2.24, 2.45) is 0 Å². The predicted molar refractivity (Wildman–Crippen MR) is 80.6 cm³/mol. The maximum atomic E-state index is 12.2. The summed E-state index contributed by atoms with van der Waals surface area (Å²) in [5, 5.41) is 5.85. The minimum Gasteiger partial charge on any atom is -0.387 e. The Kier molecular flexibility index (Phi) is 4.16. The van der Waals surface area contributed by atoms with Crippen LogP contribution in [0.2, 0.25) is 0 Å². The molecule has 1 aromatic heterocycles. The highest BCUT2D eigenvalue weighted by molar-refractivity contribution is 9.10. The van der Waals surface area contributed by atoms with E-state index in [0.29, 0.717) is 5.56 Å². The molecule has 2 aromatic rings. The first kappa shape index (κ1) is 13.5. The van der Waals surface area contributed by atoms with Gasteiger partial charge in [0.15, 0.2) is 0 Å². The van der Waals surface area contributed by atoms with Crippen LogP contribution in [0.1, 0.15) is 15.9 Å². The summed E-state index contributed by atoms with van der Waals surface area (Å²) in [6, 6.07) is 7.49. The highest BCUT2D eigenvalue weighted by Crippen LogP contribution is 2.26. The van der Waals surface area contributed by atoms with Crippen molar-refractivity contribution in [1.29, 1.82) is 0 Å². The average Bonchev–Trinajstić information content (AvgIpc) is 2.43. The second kappa shape index (κ2) is 5.84. The first-order chi connectivity index (χ1) is 9.13. The lowest BCUT2D eigenvalue weighted by Gasteiger charge is -2.11. The van der Waals surface area contributed by atoms with Gasteiger partial charge in [-0.25, -0.2) is 0 Å². The summed E-state index contributed by atoms with van der Waals surface area (Å²) in [7, 11) is 1.77. The number of pyridine rings is 1. The number of rotatable bonds is 3. The fourth-order valence-corrected chi connectivity index (χ4v) is 2.09. The van der Waals surface area contributed by atoms with Crippen LogP contribution >= 0.6 is 15.9 Å². The maximum absolute atomic E-state index is 12.2. The van der Waals surface area contributed by atoms with E-state index >= 15 is 0 Å². The van der Waals surface area contributed by atoms with E-state index in [1.807, 2.05) is 25.1 Å². The standard InChI is InChI=1S/C14H14BrN3O/c1-9-4-3-5-12(13(9)15)18-14(19)10-8-17-7-6-11(10)16-2/h3-8H,1-2H3,(H,16,17)(H,18,19). The highest BCUT2D eigenvalue weighted by atomic mass is 79.9. The van der Waals surface area contributed by atoms with Crippen LogP contribution in [0.5, 0.6) is 0 Å². The first-order valence-corrected chi connectivity index (χ1v) is 6.61. The third kappa shape index (κ3) is 2.93. The maximum Gasteiger partial charge on any atom is 0.259 e. The molecule has 0 bridgehead atoms. The Balaban J connectivity index is 2.28. The molecule has 0 unspecified atom stereocenters. The third-order valence-electron chi connectivity index (χ3n) is 2.78. The van der Waals surface area contributed by atoms with Gasteiger partial charge in [0.1, 0.15) is 0 Å². The number of aryl methyl sites for hydroxylation is 1. The highest BCUT2D eigenvalue weighted by Gasteiger charge is 2.12. The summed E-state index contributed by atoms with van der Waals surface area (Å²) in [5.74, 6) is -0.191. The number of aromatic nitrogens is 1. The molecule has 2 N–H and O–H groups in total. The van der Waals surface area contributed by atoms with Crippen molar-refractivity contribution >= 4 is 33.2 Å². The lowest BCUT2D eigenvalue weighted by Crippen LogP contribution is -2.14. The zero-order valence-corrected chi connectivity index (χ0v) is 12.3. The SMILES string of the molecule is CNc1ccncc1C(=O)Nc1cccc(C)c1Br. The number of hydrogen-bond donors (Lipinski definition) is 2. The van der Waals surface area contributed by atoms with Crippen molar-refractivity contribution in [2.75, 3.05) is 17.7 Å². The van der Waals surface area contributed by atoms with E-state index in [9.17, 15) is 4.79 Å². The Morgan fingerprint density at radius 2 is 2.05 bits per heavy atom. The largest absolute Gasteiger partial charge is 0.387 e. The molecule has 0 radical (unpaired) electrons. The molecule has 0 aliphatic rings. The summed E-state index contributed by atoms with van der Waals surface area (Å²) in [5.41, 5.74) is 3.07. The van der Waals surface area contributed by atoms with Crippen LogP contribution in [-0.2, 0) is 0 Å². The molecule has 19 heavy (non-hydrogen) atoms. The van der Waals surface area contributed by atoms with Gasteiger partial charge >= 0.3 is 0 Å². The van der Waals surface area contributed by atoms with Crippen LogP contribution in [0.3, 0.4) is 0 Å². The lowest BCUT2D eigenvalue weighted by atomic mass is 10.2. The molecule has 0 fully saturated rings. The van der Waals surface area contributed by atoms with Crippen LogP contribution in [0, 0.1) is 6.92 Å². The number of nitrogens with one attached hydrogen (secondary N) is 2. The molecular formula is C14H14BrN3O. The molecule has 1 heterocycles. The van der Waals surface area contributed by atoms with Crippen LogP contribution in [0.15, 0.2) is 41.1 Å². The van der Waals surface area contributed by atoms with Crippen LogP contribution < -0.4 is 10.6 Å². The van der Waals surface area contributed by atoms with Gasteiger partial charge < -0.3 is 10.6 Å². The van der Waals surface area contributed by atoms with Crippen molar-refractivity contribution < 1.29 is 4.79 Å². The fraction of sp³-hybridized carbons (Fsp3) is 0.143. The third-order valence-corrected chi connectivity index (χ3v) is 3.83. The summed E-state index contributed by atoms with van der Waals surface area (Å²) in [4.78, 5) is 16.2. The zero-order chi connectivity index (χ0) is 13.8. The molecule has 0 saturated heterocycles. The normalized spacial score (nSPS) is 10.1. The molecule has 1 aromatic carbocycles. The van der Waals surface area contributed by atoms with Crippen molar-refractivity contribution in [2.45, 2.75) is 6.92 Å². The van der Waals surface area contributed by atoms with E-state index in [1.165, 1.54) is 0 Å². The fourth-order valence-electron chi connectivity index (χ4n) is 1.73. The van der Waals surface area contributed by atoms with Gasteiger partial charge in [-0.15, -0.1) is 0 Å². The van der Waals surface area contributed by atoms with E-state index in [2.05, 4.69) is 31.5 Å². The van der Waals surface area contributed by atoms with Crippen LogP contribution in [0.25, 0.3) is 0 Å². The average molecular weight is 320 g/mol. The number of carbonyl (C=O) groups excluding carboxylic acids is 1. The van der Waals surface area contributed by atoms with E-state index in [-0.39, 0.29) is 5.91 Å². The van der Waals surface area contributed by atoms with E-state index in [1.54, 1.807) is 25.5 Å². The molecule has 0 spiro atoms. The van der Waals surface area contributed by atoms with Crippen LogP contribution in [-0.4, -0.2) is 17.9 Å². The second-order valence-electron chi connectivity index (χ2n) is 4.06. The number of carbonyl (C=O) groups is 1. The van der Waals surface area contributed by atoms with Gasteiger partial charge in [-0.2, -0.15) is 0 Å². The Hall–Kier alpha value is -1.88. The second-order valence-corrected chi connectivity index (χ2v) is 4.85. The molecule has 0 atom stereocenters. The van der Waals surface area contributed by atoms with E-state index in [0.717, 1.165) is 21.4 Å². The van der Waals surface area contributed by atoms with Crippen molar-refractivity contribution in [3.05, 3.63) is 52.3 Å². The molecule has 1 amide bonds.